The summed E-state index contributed by atoms with van der Waals surface area (Å²) in [4.78, 5) is 17.1. The number of aromatic nitrogens is 1. The molecule has 31 heavy (non-hydrogen) atoms. The first-order valence-corrected chi connectivity index (χ1v) is 11.9. The smallest absolute Gasteiger partial charge is 0.368 e. The van der Waals surface area contributed by atoms with Crippen LogP contribution < -0.4 is 10.6 Å². The maximum absolute atomic E-state index is 12.8. The first-order valence-electron chi connectivity index (χ1n) is 9.69. The summed E-state index contributed by atoms with van der Waals surface area (Å²) in [6.07, 6.45) is -2.51. The number of anilines is 1. The molecule has 1 saturated heterocycles. The van der Waals surface area contributed by atoms with Crippen LogP contribution in [0.15, 0.2) is 34.7 Å². The molecule has 12 heteroatoms. The van der Waals surface area contributed by atoms with Crippen molar-refractivity contribution in [2.24, 2.45) is 5.92 Å². The number of sulfonamides is 1. The molecule has 0 aliphatic carbocycles. The first-order chi connectivity index (χ1) is 14.6. The highest BCUT2D eigenvalue weighted by atomic mass is 32.2. The number of hydrogen-bond acceptors (Lipinski definition) is 6. The molecule has 2 N–H and O–H groups in total. The fraction of sp³-hybridized carbons (Fsp3) is 0.474. The first kappa shape index (κ1) is 23.5. The van der Waals surface area contributed by atoms with E-state index in [4.69, 9.17) is 0 Å². The van der Waals surface area contributed by atoms with Crippen molar-refractivity contribution in [1.82, 2.24) is 14.6 Å². The van der Waals surface area contributed by atoms with Crippen LogP contribution in [0.25, 0.3) is 0 Å². The molecule has 1 unspecified atom stereocenters. The minimum absolute atomic E-state index is 0.124. The number of rotatable bonds is 7. The quantitative estimate of drug-likeness (QED) is 0.600. The van der Waals surface area contributed by atoms with Gasteiger partial charge in [-0.15, -0.1) is 11.3 Å². The summed E-state index contributed by atoms with van der Waals surface area (Å²) in [5.74, 6) is -0.429. The van der Waals surface area contributed by atoms with Gasteiger partial charge in [0.05, 0.1) is 11.5 Å². The lowest BCUT2D eigenvalue weighted by Crippen LogP contribution is -2.45. The van der Waals surface area contributed by atoms with E-state index in [0.29, 0.717) is 19.4 Å². The SMILES string of the molecule is Cc1ccc(S(=O)(=O)N2CCCC(C(=O)NCCNc3ccc(C(F)(F)F)cn3)C2)s1. The van der Waals surface area contributed by atoms with Gasteiger partial charge in [-0.05, 0) is 44.0 Å². The molecule has 0 spiro atoms. The van der Waals surface area contributed by atoms with Crippen molar-refractivity contribution in [2.45, 2.75) is 30.2 Å². The zero-order valence-corrected chi connectivity index (χ0v) is 18.4. The molecule has 170 valence electrons. The standard InChI is InChI=1S/C19H23F3N4O3S2/c1-13-4-7-17(30-13)31(28,29)26-10-2-3-14(12-26)18(27)24-9-8-23-16-6-5-15(11-25-16)19(20,21)22/h4-7,11,14H,2-3,8-10,12H2,1H3,(H,23,25)(H,24,27). The third-order valence-corrected chi connectivity index (χ3v) is 8.22. The summed E-state index contributed by atoms with van der Waals surface area (Å²) in [6.45, 7) is 2.84. The second-order valence-corrected chi connectivity index (χ2v) is 10.7. The van der Waals surface area contributed by atoms with Crippen LogP contribution >= 0.6 is 11.3 Å². The minimum Gasteiger partial charge on any atom is -0.368 e. The number of pyridine rings is 1. The molecule has 7 nitrogen and oxygen atoms in total. The molecule has 0 aromatic carbocycles. The Labute approximate surface area is 182 Å². The monoisotopic (exact) mass is 476 g/mol. The van der Waals surface area contributed by atoms with Gasteiger partial charge in [0.25, 0.3) is 10.0 Å². The second kappa shape index (κ2) is 9.53. The molecule has 1 atom stereocenters. The Morgan fingerprint density at radius 1 is 1.26 bits per heavy atom. The molecule has 1 aliphatic heterocycles. The van der Waals surface area contributed by atoms with Gasteiger partial charge < -0.3 is 10.6 Å². The van der Waals surface area contributed by atoms with Crippen LogP contribution in [0.4, 0.5) is 19.0 Å². The zero-order chi connectivity index (χ0) is 22.6. The highest BCUT2D eigenvalue weighted by Crippen LogP contribution is 2.29. The Morgan fingerprint density at radius 2 is 2.03 bits per heavy atom. The number of piperidine rings is 1. The van der Waals surface area contributed by atoms with E-state index >= 15 is 0 Å². The average Bonchev–Trinajstić information content (AvgIpc) is 3.18. The summed E-state index contributed by atoms with van der Waals surface area (Å²) in [6, 6.07) is 5.49. The third kappa shape index (κ3) is 5.95. The van der Waals surface area contributed by atoms with Gasteiger partial charge in [0.1, 0.15) is 10.0 Å². The van der Waals surface area contributed by atoms with Gasteiger partial charge in [-0.1, -0.05) is 0 Å². The lowest BCUT2D eigenvalue weighted by atomic mass is 9.99. The van der Waals surface area contributed by atoms with E-state index < -0.39 is 27.7 Å². The number of halogens is 3. The predicted octanol–water partition coefficient (Wildman–Crippen LogP) is 3.10. The Kier molecular flexibility index (Phi) is 7.22. The van der Waals surface area contributed by atoms with Crippen LogP contribution in [0.1, 0.15) is 23.3 Å². The fourth-order valence-electron chi connectivity index (χ4n) is 3.24. The average molecular weight is 477 g/mol. The molecule has 0 radical (unpaired) electrons. The number of thiophene rings is 1. The summed E-state index contributed by atoms with van der Waals surface area (Å²) in [7, 11) is -3.61. The Bertz CT molecular complexity index is 1010. The van der Waals surface area contributed by atoms with E-state index in [1.165, 1.54) is 21.7 Å². The van der Waals surface area contributed by atoms with E-state index in [2.05, 4.69) is 15.6 Å². The third-order valence-electron chi connectivity index (χ3n) is 4.89. The van der Waals surface area contributed by atoms with Crippen LogP contribution in [0.3, 0.4) is 0 Å². The number of amides is 1. The van der Waals surface area contributed by atoms with Crippen molar-refractivity contribution in [2.75, 3.05) is 31.5 Å². The highest BCUT2D eigenvalue weighted by Gasteiger charge is 2.34. The molecule has 0 bridgehead atoms. The number of nitrogens with zero attached hydrogens (tertiary/aromatic N) is 2. The lowest BCUT2D eigenvalue weighted by molar-refractivity contribution is -0.137. The summed E-state index contributed by atoms with van der Waals surface area (Å²) >= 11 is 1.21. The molecular weight excluding hydrogens is 453 g/mol. The van der Waals surface area contributed by atoms with Crippen molar-refractivity contribution in [3.63, 3.8) is 0 Å². The van der Waals surface area contributed by atoms with Gasteiger partial charge in [-0.2, -0.15) is 17.5 Å². The maximum atomic E-state index is 12.8. The van der Waals surface area contributed by atoms with Crippen molar-refractivity contribution in [1.29, 1.82) is 0 Å². The molecule has 2 aromatic heterocycles. The van der Waals surface area contributed by atoms with E-state index in [1.54, 1.807) is 12.1 Å². The summed E-state index contributed by atoms with van der Waals surface area (Å²) in [5.41, 5.74) is -0.833. The second-order valence-electron chi connectivity index (χ2n) is 7.21. The van der Waals surface area contributed by atoms with Crippen LogP contribution in [0.5, 0.6) is 0 Å². The predicted molar refractivity (Wildman–Crippen MR) is 111 cm³/mol. The van der Waals surface area contributed by atoms with Crippen molar-refractivity contribution >= 4 is 33.1 Å². The Balaban J connectivity index is 1.47. The van der Waals surface area contributed by atoms with E-state index in [1.807, 2.05) is 6.92 Å². The number of alkyl halides is 3. The largest absolute Gasteiger partial charge is 0.417 e. The number of carbonyl (C=O) groups excluding carboxylic acids is 1. The van der Waals surface area contributed by atoms with Gasteiger partial charge in [-0.25, -0.2) is 13.4 Å². The van der Waals surface area contributed by atoms with Crippen molar-refractivity contribution in [3.8, 4) is 0 Å². The van der Waals surface area contributed by atoms with Crippen LogP contribution in [-0.2, 0) is 21.0 Å². The Hall–Kier alpha value is -2.18. The molecule has 1 amide bonds. The van der Waals surface area contributed by atoms with E-state index in [9.17, 15) is 26.4 Å². The van der Waals surface area contributed by atoms with Gasteiger partial charge in [0.15, 0.2) is 0 Å². The number of hydrogen-bond donors (Lipinski definition) is 2. The van der Waals surface area contributed by atoms with Gasteiger partial charge in [0.2, 0.25) is 5.91 Å². The van der Waals surface area contributed by atoms with Crippen molar-refractivity contribution in [3.05, 3.63) is 40.9 Å². The number of carbonyl (C=O) groups is 1. The topological polar surface area (TPSA) is 91.4 Å². The fourth-order valence-corrected chi connectivity index (χ4v) is 6.20. The van der Waals surface area contributed by atoms with E-state index in [-0.39, 0.29) is 35.6 Å². The molecule has 3 heterocycles. The summed E-state index contributed by atoms with van der Waals surface area (Å²) in [5, 5.41) is 5.59. The normalized spacial score (nSPS) is 18.0. The molecule has 1 aliphatic rings. The molecule has 0 saturated carbocycles. The molecule has 2 aromatic rings. The minimum atomic E-state index is -4.44. The van der Waals surface area contributed by atoms with Crippen LogP contribution in [0, 0.1) is 12.8 Å². The van der Waals surface area contributed by atoms with Crippen LogP contribution in [-0.4, -0.2) is 49.8 Å². The van der Waals surface area contributed by atoms with Gasteiger partial charge >= 0.3 is 6.18 Å². The van der Waals surface area contributed by atoms with Crippen molar-refractivity contribution < 1.29 is 26.4 Å². The molecular formula is C19H23F3N4O3S2. The number of nitrogens with one attached hydrogen (secondary N) is 2. The lowest BCUT2D eigenvalue weighted by Gasteiger charge is -2.30. The highest BCUT2D eigenvalue weighted by molar-refractivity contribution is 7.91. The van der Waals surface area contributed by atoms with Gasteiger partial charge in [-0.3, -0.25) is 4.79 Å². The molecule has 1 fully saturated rings. The molecule has 3 rings (SSSR count). The summed E-state index contributed by atoms with van der Waals surface area (Å²) < 4.78 is 64.8. The van der Waals surface area contributed by atoms with Gasteiger partial charge in [0, 0.05) is 37.3 Å². The zero-order valence-electron chi connectivity index (χ0n) is 16.8. The van der Waals surface area contributed by atoms with Crippen LogP contribution in [0.2, 0.25) is 0 Å². The maximum Gasteiger partial charge on any atom is 0.417 e. The van der Waals surface area contributed by atoms with E-state index in [0.717, 1.165) is 17.1 Å². The Morgan fingerprint density at radius 3 is 2.65 bits per heavy atom. The number of aryl methyl sites for hydroxylation is 1.